The van der Waals surface area contributed by atoms with Gasteiger partial charge < -0.3 is 9.67 Å². The normalized spacial score (nSPS) is 13.4. The lowest BCUT2D eigenvalue weighted by atomic mass is 10.1. The Morgan fingerprint density at radius 3 is 2.26 bits per heavy atom. The van der Waals surface area contributed by atoms with E-state index in [1.54, 1.807) is 0 Å². The summed E-state index contributed by atoms with van der Waals surface area (Å²) in [5.41, 5.74) is -4.31. The van der Waals surface area contributed by atoms with Crippen LogP contribution in [-0.2, 0) is 19.3 Å². The molecular formula is C16H13F8N5O2. The average Bonchev–Trinajstić information content (AvgIpc) is 3.18. The number of aryl methyl sites for hydroxylation is 1. The number of aromatic nitrogens is 5. The molecular weight excluding hydrogens is 446 g/mol. The molecule has 0 fully saturated rings. The van der Waals surface area contributed by atoms with Gasteiger partial charge in [-0.1, -0.05) is 0 Å². The van der Waals surface area contributed by atoms with Crippen LogP contribution >= 0.6 is 0 Å². The molecule has 3 aromatic rings. The van der Waals surface area contributed by atoms with Crippen LogP contribution in [0.4, 0.5) is 35.1 Å². The summed E-state index contributed by atoms with van der Waals surface area (Å²) in [6.45, 7) is -1.14. The lowest BCUT2D eigenvalue weighted by Gasteiger charge is -2.19. The lowest BCUT2D eigenvalue weighted by Crippen LogP contribution is -2.40. The van der Waals surface area contributed by atoms with Crippen molar-refractivity contribution < 1.29 is 40.2 Å². The number of hydrogen-bond acceptors (Lipinski definition) is 4. The standard InChI is InChI=1S/C16H13F8N5O2/c1-8-5-29-12(31)10(11(15(19,20)21)26-13(29)28(8)2-3-30)9-4-25-27(6-9)7-14(17,18)16(22,23)24/h4-6,30H,2-3,7H2,1H3. The van der Waals surface area contributed by atoms with Crippen molar-refractivity contribution in [2.24, 2.45) is 0 Å². The second kappa shape index (κ2) is 7.32. The third kappa shape index (κ3) is 4.00. The van der Waals surface area contributed by atoms with Crippen LogP contribution in [0.2, 0.25) is 0 Å². The van der Waals surface area contributed by atoms with Gasteiger partial charge in [0.05, 0.1) is 18.4 Å². The highest BCUT2D eigenvalue weighted by atomic mass is 19.4. The molecule has 15 heteroatoms. The molecule has 0 aliphatic heterocycles. The quantitative estimate of drug-likeness (QED) is 0.596. The van der Waals surface area contributed by atoms with Crippen molar-refractivity contribution in [1.29, 1.82) is 0 Å². The van der Waals surface area contributed by atoms with Gasteiger partial charge in [-0.2, -0.15) is 40.2 Å². The molecule has 3 heterocycles. The van der Waals surface area contributed by atoms with E-state index in [9.17, 15) is 39.9 Å². The van der Waals surface area contributed by atoms with Crippen LogP contribution < -0.4 is 5.56 Å². The van der Waals surface area contributed by atoms with Crippen molar-refractivity contribution >= 4 is 5.78 Å². The van der Waals surface area contributed by atoms with E-state index in [4.69, 9.17) is 5.11 Å². The number of fused-ring (bicyclic) bond motifs is 1. The van der Waals surface area contributed by atoms with E-state index in [2.05, 4.69) is 10.1 Å². The smallest absolute Gasteiger partial charge is 0.395 e. The van der Waals surface area contributed by atoms with Crippen molar-refractivity contribution in [2.45, 2.75) is 38.3 Å². The molecule has 0 unspecified atom stereocenters. The van der Waals surface area contributed by atoms with Gasteiger partial charge in [-0.25, -0.2) is 4.98 Å². The number of aliphatic hydroxyl groups excluding tert-OH is 1. The molecule has 31 heavy (non-hydrogen) atoms. The van der Waals surface area contributed by atoms with Gasteiger partial charge in [-0.3, -0.25) is 13.9 Å². The Bertz CT molecular complexity index is 1170. The molecule has 0 radical (unpaired) electrons. The summed E-state index contributed by atoms with van der Waals surface area (Å²) < 4.78 is 107. The summed E-state index contributed by atoms with van der Waals surface area (Å²) in [5.74, 6) is -5.62. The summed E-state index contributed by atoms with van der Waals surface area (Å²) in [7, 11) is 0. The Hall–Kier alpha value is -2.97. The van der Waals surface area contributed by atoms with Crippen molar-refractivity contribution in [3.63, 3.8) is 0 Å². The predicted octanol–water partition coefficient (Wildman–Crippen LogP) is 2.88. The van der Waals surface area contributed by atoms with E-state index < -0.39 is 59.6 Å². The zero-order valence-electron chi connectivity index (χ0n) is 15.5. The molecule has 0 saturated carbocycles. The Morgan fingerprint density at radius 2 is 1.71 bits per heavy atom. The highest BCUT2D eigenvalue weighted by molar-refractivity contribution is 5.65. The van der Waals surface area contributed by atoms with Gasteiger partial charge in [0.15, 0.2) is 5.69 Å². The van der Waals surface area contributed by atoms with E-state index in [0.717, 1.165) is 15.2 Å². The third-order valence-electron chi connectivity index (χ3n) is 4.37. The first kappa shape index (κ1) is 22.7. The molecule has 170 valence electrons. The second-order valence-electron chi connectivity index (χ2n) is 6.58. The Kier molecular flexibility index (Phi) is 5.36. The minimum atomic E-state index is -5.90. The van der Waals surface area contributed by atoms with Crippen LogP contribution in [0.5, 0.6) is 0 Å². The summed E-state index contributed by atoms with van der Waals surface area (Å²) in [5, 5.41) is 12.3. The number of halogens is 8. The number of aliphatic hydroxyl groups is 1. The topological polar surface area (TPSA) is 77.4 Å². The van der Waals surface area contributed by atoms with Crippen LogP contribution in [0, 0.1) is 6.92 Å². The molecule has 3 aromatic heterocycles. The predicted molar refractivity (Wildman–Crippen MR) is 88.5 cm³/mol. The van der Waals surface area contributed by atoms with E-state index in [1.807, 2.05) is 0 Å². The van der Waals surface area contributed by atoms with Gasteiger partial charge in [0.1, 0.15) is 6.54 Å². The van der Waals surface area contributed by atoms with Crippen molar-refractivity contribution in [3.05, 3.63) is 40.3 Å². The maximum atomic E-state index is 13.6. The molecule has 3 rings (SSSR count). The molecule has 0 saturated heterocycles. The van der Waals surface area contributed by atoms with E-state index in [-0.39, 0.29) is 11.2 Å². The lowest BCUT2D eigenvalue weighted by molar-refractivity contribution is -0.287. The maximum Gasteiger partial charge on any atom is 0.455 e. The number of hydrogen-bond donors (Lipinski definition) is 1. The summed E-state index contributed by atoms with van der Waals surface area (Å²) in [6, 6.07) is 0. The molecule has 0 aliphatic carbocycles. The van der Waals surface area contributed by atoms with Crippen LogP contribution in [-0.4, -0.2) is 47.5 Å². The van der Waals surface area contributed by atoms with E-state index in [1.165, 1.54) is 6.92 Å². The van der Waals surface area contributed by atoms with E-state index in [0.29, 0.717) is 18.1 Å². The van der Waals surface area contributed by atoms with Crippen LogP contribution in [0.1, 0.15) is 11.4 Å². The fraction of sp³-hybridized carbons (Fsp3) is 0.438. The average molecular weight is 459 g/mol. The highest BCUT2D eigenvalue weighted by Gasteiger charge is 2.57. The molecule has 7 nitrogen and oxygen atoms in total. The summed E-state index contributed by atoms with van der Waals surface area (Å²) in [4.78, 5) is 16.3. The largest absolute Gasteiger partial charge is 0.455 e. The molecule has 0 aliphatic rings. The van der Waals surface area contributed by atoms with Gasteiger partial charge in [-0.15, -0.1) is 0 Å². The van der Waals surface area contributed by atoms with Crippen LogP contribution in [0.25, 0.3) is 16.9 Å². The molecule has 0 atom stereocenters. The second-order valence-corrected chi connectivity index (χ2v) is 6.58. The van der Waals surface area contributed by atoms with Crippen molar-refractivity contribution in [2.75, 3.05) is 6.61 Å². The van der Waals surface area contributed by atoms with Gasteiger partial charge in [0.2, 0.25) is 5.78 Å². The van der Waals surface area contributed by atoms with Crippen LogP contribution in [0.15, 0.2) is 23.4 Å². The molecule has 0 bridgehead atoms. The summed E-state index contributed by atoms with van der Waals surface area (Å²) >= 11 is 0. The SMILES string of the molecule is Cc1cn2c(=O)c(-c3cnn(CC(F)(F)C(F)(F)F)c3)c(C(F)(F)F)nc2n1CCO. The molecule has 0 aromatic carbocycles. The van der Waals surface area contributed by atoms with Gasteiger partial charge in [0, 0.05) is 30.2 Å². The molecule has 0 spiro atoms. The van der Waals surface area contributed by atoms with Crippen molar-refractivity contribution in [3.8, 4) is 11.1 Å². The van der Waals surface area contributed by atoms with Crippen molar-refractivity contribution in [1.82, 2.24) is 23.7 Å². The minimum absolute atomic E-state index is 0.0967. The van der Waals surface area contributed by atoms with E-state index >= 15 is 0 Å². The first-order valence-electron chi connectivity index (χ1n) is 8.45. The maximum absolute atomic E-state index is 13.6. The fourth-order valence-corrected chi connectivity index (χ4v) is 2.96. The summed E-state index contributed by atoms with van der Waals surface area (Å²) in [6.07, 6.45) is -8.85. The molecule has 1 N–H and O–H groups in total. The Balaban J connectivity index is 2.20. The zero-order valence-corrected chi connectivity index (χ0v) is 15.5. The van der Waals surface area contributed by atoms with Gasteiger partial charge >= 0.3 is 18.3 Å². The molecule has 0 amide bonds. The Morgan fingerprint density at radius 1 is 1.06 bits per heavy atom. The Labute approximate surface area is 167 Å². The van der Waals surface area contributed by atoms with Crippen LogP contribution in [0.3, 0.4) is 0 Å². The minimum Gasteiger partial charge on any atom is -0.395 e. The number of imidazole rings is 1. The number of nitrogens with zero attached hydrogens (tertiary/aromatic N) is 5. The number of alkyl halides is 8. The first-order valence-corrected chi connectivity index (χ1v) is 8.45. The zero-order chi connectivity index (χ0) is 23.4. The van der Waals surface area contributed by atoms with Gasteiger partial charge in [-0.05, 0) is 6.92 Å². The third-order valence-corrected chi connectivity index (χ3v) is 4.37. The fourth-order valence-electron chi connectivity index (χ4n) is 2.96. The highest BCUT2D eigenvalue weighted by Crippen LogP contribution is 2.37. The number of rotatable bonds is 5. The monoisotopic (exact) mass is 459 g/mol. The first-order chi connectivity index (χ1) is 14.2. The van der Waals surface area contributed by atoms with Gasteiger partial charge in [0.25, 0.3) is 5.56 Å².